The summed E-state index contributed by atoms with van der Waals surface area (Å²) in [6.45, 7) is 0.836. The summed E-state index contributed by atoms with van der Waals surface area (Å²) in [7, 11) is 1.60. The first-order chi connectivity index (χ1) is 14.6. The standard InChI is InChI=1S/C25H21ClN2O2/c1-30-23-13-7-20(8-14-23)25(29)15-4-18-2-11-22(12-3-18)28-17-16-24(27-28)19-5-9-21(26)10-6-19/h2-15H,16-17H2,1H3/b15-4+. The second-order valence-electron chi connectivity index (χ2n) is 6.94. The molecule has 4 rings (SSSR count). The summed E-state index contributed by atoms with van der Waals surface area (Å²) in [6, 6.07) is 22.9. The van der Waals surface area contributed by atoms with Crippen LogP contribution in [0.2, 0.25) is 5.02 Å². The van der Waals surface area contributed by atoms with E-state index in [1.54, 1.807) is 37.5 Å². The van der Waals surface area contributed by atoms with E-state index in [9.17, 15) is 4.79 Å². The Hall–Kier alpha value is -3.37. The molecule has 30 heavy (non-hydrogen) atoms. The predicted molar refractivity (Wildman–Crippen MR) is 123 cm³/mol. The number of methoxy groups -OCH3 is 1. The Bertz CT molecular complexity index is 1090. The van der Waals surface area contributed by atoms with Crippen LogP contribution in [0.1, 0.15) is 27.9 Å². The van der Waals surface area contributed by atoms with E-state index >= 15 is 0 Å². The number of hydrazone groups is 1. The van der Waals surface area contributed by atoms with E-state index in [2.05, 4.69) is 0 Å². The van der Waals surface area contributed by atoms with E-state index in [0.29, 0.717) is 5.56 Å². The highest BCUT2D eigenvalue weighted by atomic mass is 35.5. The SMILES string of the molecule is COc1ccc(C(=O)/C=C/c2ccc(N3CCC(c4ccc(Cl)cc4)=N3)cc2)cc1. The number of nitrogens with zero attached hydrogens (tertiary/aromatic N) is 2. The number of rotatable bonds is 6. The van der Waals surface area contributed by atoms with E-state index in [0.717, 1.165) is 46.3 Å². The van der Waals surface area contributed by atoms with Gasteiger partial charge in [0, 0.05) is 23.6 Å². The van der Waals surface area contributed by atoms with Crippen LogP contribution in [0.4, 0.5) is 5.69 Å². The molecule has 0 fully saturated rings. The fraction of sp³-hybridized carbons (Fsp3) is 0.120. The Kier molecular flexibility index (Phi) is 5.96. The summed E-state index contributed by atoms with van der Waals surface area (Å²) >= 11 is 5.97. The number of hydrogen-bond donors (Lipinski definition) is 0. The van der Waals surface area contributed by atoms with E-state index < -0.39 is 0 Å². The minimum absolute atomic E-state index is 0.0431. The van der Waals surface area contributed by atoms with Crippen LogP contribution >= 0.6 is 11.6 Å². The Morgan fingerprint density at radius 1 is 1.00 bits per heavy atom. The highest BCUT2D eigenvalue weighted by molar-refractivity contribution is 6.30. The van der Waals surface area contributed by atoms with Gasteiger partial charge >= 0.3 is 0 Å². The molecule has 0 saturated heterocycles. The summed E-state index contributed by atoms with van der Waals surface area (Å²) in [4.78, 5) is 12.3. The minimum atomic E-state index is -0.0431. The van der Waals surface area contributed by atoms with Gasteiger partial charge in [0.05, 0.1) is 18.5 Å². The maximum atomic E-state index is 12.3. The van der Waals surface area contributed by atoms with Crippen LogP contribution < -0.4 is 9.75 Å². The lowest BCUT2D eigenvalue weighted by Crippen LogP contribution is -2.11. The number of halogens is 1. The monoisotopic (exact) mass is 416 g/mol. The third-order valence-electron chi connectivity index (χ3n) is 4.97. The molecule has 3 aromatic carbocycles. The first kappa shape index (κ1) is 19.9. The second-order valence-corrected chi connectivity index (χ2v) is 7.38. The average Bonchev–Trinajstić information content (AvgIpc) is 3.28. The first-order valence-electron chi connectivity index (χ1n) is 9.70. The molecule has 1 heterocycles. The molecule has 0 spiro atoms. The van der Waals surface area contributed by atoms with Gasteiger partial charge in [-0.15, -0.1) is 0 Å². The van der Waals surface area contributed by atoms with Gasteiger partial charge in [0.15, 0.2) is 5.78 Å². The lowest BCUT2D eigenvalue weighted by Gasteiger charge is -2.13. The van der Waals surface area contributed by atoms with Gasteiger partial charge in [-0.2, -0.15) is 5.10 Å². The van der Waals surface area contributed by atoms with Crippen molar-refractivity contribution in [2.45, 2.75) is 6.42 Å². The van der Waals surface area contributed by atoms with Gasteiger partial charge in [0.1, 0.15) is 5.75 Å². The highest BCUT2D eigenvalue weighted by Gasteiger charge is 2.17. The number of ether oxygens (including phenoxy) is 1. The first-order valence-corrected chi connectivity index (χ1v) is 10.1. The third kappa shape index (κ3) is 4.61. The smallest absolute Gasteiger partial charge is 0.185 e. The molecule has 150 valence electrons. The Morgan fingerprint density at radius 2 is 1.70 bits per heavy atom. The number of benzene rings is 3. The average molecular weight is 417 g/mol. The molecule has 0 saturated carbocycles. The van der Waals surface area contributed by atoms with Crippen molar-refractivity contribution >= 4 is 34.9 Å². The van der Waals surface area contributed by atoms with Gasteiger partial charge in [0.25, 0.3) is 0 Å². The maximum absolute atomic E-state index is 12.3. The summed E-state index contributed by atoms with van der Waals surface area (Å²) in [5.74, 6) is 0.688. The molecule has 4 nitrogen and oxygen atoms in total. The zero-order valence-corrected chi connectivity index (χ0v) is 17.3. The lowest BCUT2D eigenvalue weighted by atomic mass is 10.1. The van der Waals surface area contributed by atoms with Crippen LogP contribution in [0, 0.1) is 0 Å². The summed E-state index contributed by atoms with van der Waals surface area (Å²) in [5.41, 5.74) is 4.77. The molecular formula is C25H21ClN2O2. The van der Waals surface area contributed by atoms with Crippen molar-refractivity contribution in [3.63, 3.8) is 0 Å². The normalized spacial score (nSPS) is 13.5. The van der Waals surface area contributed by atoms with E-state index in [4.69, 9.17) is 21.4 Å². The van der Waals surface area contributed by atoms with Crippen LogP contribution in [-0.4, -0.2) is 25.1 Å². The number of allylic oxidation sites excluding steroid dienone is 1. The minimum Gasteiger partial charge on any atom is -0.497 e. The van der Waals surface area contributed by atoms with Crippen LogP contribution in [0.5, 0.6) is 5.75 Å². The number of carbonyl (C=O) groups is 1. The molecule has 0 radical (unpaired) electrons. The van der Waals surface area contributed by atoms with Gasteiger partial charge in [-0.25, -0.2) is 0 Å². The largest absolute Gasteiger partial charge is 0.497 e. The highest BCUT2D eigenvalue weighted by Crippen LogP contribution is 2.23. The molecule has 0 bridgehead atoms. The molecule has 0 aliphatic carbocycles. The Balaban J connectivity index is 1.42. The number of carbonyl (C=O) groups excluding carboxylic acids is 1. The van der Waals surface area contributed by atoms with Crippen molar-refractivity contribution in [2.24, 2.45) is 5.10 Å². The van der Waals surface area contributed by atoms with Gasteiger partial charge in [0.2, 0.25) is 0 Å². The van der Waals surface area contributed by atoms with Crippen LogP contribution in [0.3, 0.4) is 0 Å². The van der Waals surface area contributed by atoms with Crippen molar-refractivity contribution < 1.29 is 9.53 Å². The lowest BCUT2D eigenvalue weighted by molar-refractivity contribution is 0.104. The molecule has 1 aliphatic heterocycles. The van der Waals surface area contributed by atoms with E-state index in [-0.39, 0.29) is 5.78 Å². The van der Waals surface area contributed by atoms with Crippen LogP contribution in [0.15, 0.2) is 84.0 Å². The molecule has 3 aromatic rings. The predicted octanol–water partition coefficient (Wildman–Crippen LogP) is 5.86. The van der Waals surface area contributed by atoms with Gasteiger partial charge < -0.3 is 4.74 Å². The Morgan fingerprint density at radius 3 is 2.37 bits per heavy atom. The quantitative estimate of drug-likeness (QED) is 0.373. The molecule has 0 aromatic heterocycles. The fourth-order valence-electron chi connectivity index (χ4n) is 3.27. The third-order valence-corrected chi connectivity index (χ3v) is 5.22. The van der Waals surface area contributed by atoms with Crippen molar-refractivity contribution in [1.82, 2.24) is 0 Å². The Labute approximate surface area is 181 Å². The molecule has 0 unspecified atom stereocenters. The topological polar surface area (TPSA) is 41.9 Å². The molecule has 0 atom stereocenters. The number of hydrogen-bond acceptors (Lipinski definition) is 4. The molecule has 0 N–H and O–H groups in total. The zero-order chi connectivity index (χ0) is 20.9. The van der Waals surface area contributed by atoms with Gasteiger partial charge in [-0.1, -0.05) is 41.9 Å². The van der Waals surface area contributed by atoms with Crippen molar-refractivity contribution in [3.05, 3.63) is 101 Å². The number of anilines is 1. The van der Waals surface area contributed by atoms with Crippen molar-refractivity contribution in [1.29, 1.82) is 0 Å². The van der Waals surface area contributed by atoms with Crippen LogP contribution in [0.25, 0.3) is 6.08 Å². The van der Waals surface area contributed by atoms with Gasteiger partial charge in [-0.05, 0) is 65.7 Å². The van der Waals surface area contributed by atoms with Gasteiger partial charge in [-0.3, -0.25) is 9.80 Å². The molecule has 5 heteroatoms. The second kappa shape index (κ2) is 8.97. The zero-order valence-electron chi connectivity index (χ0n) is 16.6. The summed E-state index contributed by atoms with van der Waals surface area (Å²) in [5, 5.41) is 7.47. The van der Waals surface area contributed by atoms with Crippen LogP contribution in [-0.2, 0) is 0 Å². The molecular weight excluding hydrogens is 396 g/mol. The molecule has 0 amide bonds. The maximum Gasteiger partial charge on any atom is 0.185 e. The fourth-order valence-corrected chi connectivity index (χ4v) is 3.40. The van der Waals surface area contributed by atoms with Crippen molar-refractivity contribution in [2.75, 3.05) is 18.7 Å². The van der Waals surface area contributed by atoms with E-state index in [1.165, 1.54) is 0 Å². The summed E-state index contributed by atoms with van der Waals surface area (Å²) in [6.07, 6.45) is 4.30. The summed E-state index contributed by atoms with van der Waals surface area (Å²) < 4.78 is 5.12. The van der Waals surface area contributed by atoms with E-state index in [1.807, 2.05) is 59.6 Å². The number of ketones is 1. The van der Waals surface area contributed by atoms with Crippen molar-refractivity contribution in [3.8, 4) is 5.75 Å². The molecule has 1 aliphatic rings.